The van der Waals surface area contributed by atoms with E-state index in [0.29, 0.717) is 5.69 Å². The first-order valence-corrected chi connectivity index (χ1v) is 9.90. The van der Waals surface area contributed by atoms with Crippen LogP contribution in [0.25, 0.3) is 0 Å². The summed E-state index contributed by atoms with van der Waals surface area (Å²) in [5.41, 5.74) is 1.58. The number of thiazole rings is 1. The lowest BCUT2D eigenvalue weighted by atomic mass is 10.3. The standard InChI is InChI=1S/C14H17N5O5S2/c1-17(2)12-6-4-11(5-7-12)15-16-14-18(8-3-9-26(22,23)24)10-13(25-14)19(20)21/h4-7,10H,3,8-9H2,1-2H3/p+1. The van der Waals surface area contributed by atoms with Gasteiger partial charge in [0.15, 0.2) is 6.20 Å². The monoisotopic (exact) mass is 400 g/mol. The van der Waals surface area contributed by atoms with Crippen LogP contribution in [0.5, 0.6) is 0 Å². The molecular formula is C14H18N5O5S2+. The molecule has 0 fully saturated rings. The van der Waals surface area contributed by atoms with E-state index in [0.717, 1.165) is 17.0 Å². The van der Waals surface area contributed by atoms with Crippen molar-refractivity contribution in [1.82, 2.24) is 0 Å². The molecule has 0 aliphatic rings. The van der Waals surface area contributed by atoms with Gasteiger partial charge in [0.25, 0.3) is 10.1 Å². The van der Waals surface area contributed by atoms with Gasteiger partial charge in [-0.2, -0.15) is 8.42 Å². The molecule has 0 amide bonds. The molecule has 0 unspecified atom stereocenters. The van der Waals surface area contributed by atoms with E-state index < -0.39 is 20.8 Å². The van der Waals surface area contributed by atoms with Crippen LogP contribution < -0.4 is 9.47 Å². The van der Waals surface area contributed by atoms with E-state index in [-0.39, 0.29) is 23.1 Å². The largest absolute Gasteiger partial charge is 0.414 e. The highest BCUT2D eigenvalue weighted by atomic mass is 32.2. The summed E-state index contributed by atoms with van der Waals surface area (Å²) < 4.78 is 31.8. The van der Waals surface area contributed by atoms with Crippen LogP contribution in [0.2, 0.25) is 0 Å². The number of nitrogens with zero attached hydrogens (tertiary/aromatic N) is 5. The second-order valence-electron chi connectivity index (χ2n) is 5.55. The Hall–Kier alpha value is -2.44. The van der Waals surface area contributed by atoms with E-state index in [2.05, 4.69) is 10.2 Å². The van der Waals surface area contributed by atoms with Gasteiger partial charge in [-0.1, -0.05) is 0 Å². The fourth-order valence-corrected chi connectivity index (χ4v) is 3.30. The summed E-state index contributed by atoms with van der Waals surface area (Å²) in [6.07, 6.45) is 1.37. The minimum Gasteiger partial charge on any atom is -0.378 e. The van der Waals surface area contributed by atoms with Gasteiger partial charge in [0.1, 0.15) is 5.69 Å². The van der Waals surface area contributed by atoms with Crippen molar-refractivity contribution in [3.8, 4) is 0 Å². The topological polar surface area (TPSA) is 129 Å². The molecule has 0 saturated heterocycles. The molecule has 0 radical (unpaired) electrons. The van der Waals surface area contributed by atoms with E-state index in [4.69, 9.17) is 4.55 Å². The highest BCUT2D eigenvalue weighted by molar-refractivity contribution is 7.85. The average molecular weight is 400 g/mol. The van der Waals surface area contributed by atoms with Gasteiger partial charge in [0, 0.05) is 37.5 Å². The zero-order valence-electron chi connectivity index (χ0n) is 14.1. The lowest BCUT2D eigenvalue weighted by molar-refractivity contribution is -0.682. The van der Waals surface area contributed by atoms with Crippen LogP contribution >= 0.6 is 11.3 Å². The number of aromatic nitrogens is 1. The van der Waals surface area contributed by atoms with Gasteiger partial charge in [0.2, 0.25) is 0 Å². The number of rotatable bonds is 8. The summed E-state index contributed by atoms with van der Waals surface area (Å²) >= 11 is 0.836. The number of aryl methyl sites for hydroxylation is 1. The lowest BCUT2D eigenvalue weighted by Gasteiger charge is -2.11. The number of anilines is 1. The van der Waals surface area contributed by atoms with Crippen molar-refractivity contribution >= 4 is 43.0 Å². The van der Waals surface area contributed by atoms with Gasteiger partial charge in [-0.05, 0) is 29.4 Å². The van der Waals surface area contributed by atoms with Gasteiger partial charge >= 0.3 is 10.1 Å². The van der Waals surface area contributed by atoms with Gasteiger partial charge < -0.3 is 4.90 Å². The summed E-state index contributed by atoms with van der Waals surface area (Å²) in [5.74, 6) is -0.438. The molecule has 1 aromatic carbocycles. The molecule has 140 valence electrons. The third-order valence-corrected chi connectivity index (χ3v) is 5.07. The Labute approximate surface area is 154 Å². The van der Waals surface area contributed by atoms with Crippen molar-refractivity contribution in [2.24, 2.45) is 10.2 Å². The van der Waals surface area contributed by atoms with Crippen LogP contribution in [0.4, 0.5) is 21.5 Å². The van der Waals surface area contributed by atoms with Crippen LogP contribution in [-0.2, 0) is 16.7 Å². The zero-order valence-corrected chi connectivity index (χ0v) is 15.8. The highest BCUT2D eigenvalue weighted by Crippen LogP contribution is 2.28. The first-order chi connectivity index (χ1) is 12.2. The summed E-state index contributed by atoms with van der Waals surface area (Å²) in [6.45, 7) is 0.151. The van der Waals surface area contributed by atoms with Crippen LogP contribution in [0, 0.1) is 10.1 Å². The molecule has 1 aromatic heterocycles. The van der Waals surface area contributed by atoms with Gasteiger partial charge in [0.05, 0.1) is 22.3 Å². The first kappa shape index (κ1) is 19.9. The number of hydrogen-bond donors (Lipinski definition) is 1. The SMILES string of the molecule is CN(C)c1ccc(N=Nc2sc([N+](=O)[O-])c[n+]2CCCS(=O)(=O)O)cc1. The van der Waals surface area contributed by atoms with E-state index in [1.54, 1.807) is 12.1 Å². The smallest absolute Gasteiger partial charge is 0.378 e. The highest BCUT2D eigenvalue weighted by Gasteiger charge is 2.24. The van der Waals surface area contributed by atoms with Crippen molar-refractivity contribution in [2.75, 3.05) is 24.7 Å². The molecule has 2 rings (SSSR count). The van der Waals surface area contributed by atoms with Crippen molar-refractivity contribution in [3.05, 3.63) is 40.6 Å². The maximum Gasteiger partial charge on any atom is 0.414 e. The Bertz CT molecular complexity index is 906. The Morgan fingerprint density at radius 1 is 1.27 bits per heavy atom. The molecular weight excluding hydrogens is 382 g/mol. The summed E-state index contributed by atoms with van der Waals surface area (Å²) in [7, 11) is -0.258. The number of azo groups is 1. The molecule has 0 aliphatic heterocycles. The molecule has 1 N–H and O–H groups in total. The fraction of sp³-hybridized carbons (Fsp3) is 0.357. The Balaban J connectivity index is 2.19. The maximum absolute atomic E-state index is 11.0. The van der Waals surface area contributed by atoms with Crippen molar-refractivity contribution in [1.29, 1.82) is 0 Å². The predicted molar refractivity (Wildman–Crippen MR) is 97.1 cm³/mol. The average Bonchev–Trinajstić information content (AvgIpc) is 2.95. The Kier molecular flexibility index (Phi) is 6.34. The molecule has 10 nitrogen and oxygen atoms in total. The van der Waals surface area contributed by atoms with Crippen LogP contribution in [0.3, 0.4) is 0 Å². The first-order valence-electron chi connectivity index (χ1n) is 7.47. The maximum atomic E-state index is 11.0. The molecule has 2 aromatic rings. The second-order valence-corrected chi connectivity index (χ2v) is 8.11. The summed E-state index contributed by atoms with van der Waals surface area (Å²) in [4.78, 5) is 12.4. The van der Waals surface area contributed by atoms with E-state index in [1.807, 2.05) is 31.1 Å². The van der Waals surface area contributed by atoms with Crippen LogP contribution in [0.15, 0.2) is 40.7 Å². The molecule has 12 heteroatoms. The predicted octanol–water partition coefficient (Wildman–Crippen LogP) is 2.70. The van der Waals surface area contributed by atoms with Crippen molar-refractivity contribution in [2.45, 2.75) is 13.0 Å². The Morgan fingerprint density at radius 3 is 2.46 bits per heavy atom. The number of benzene rings is 1. The molecule has 0 bridgehead atoms. The van der Waals surface area contributed by atoms with Crippen molar-refractivity contribution in [3.63, 3.8) is 0 Å². The minimum atomic E-state index is -4.08. The Morgan fingerprint density at radius 2 is 1.92 bits per heavy atom. The van der Waals surface area contributed by atoms with Crippen LogP contribution in [-0.4, -0.2) is 37.7 Å². The lowest BCUT2D eigenvalue weighted by Crippen LogP contribution is -2.32. The normalized spacial score (nSPS) is 11.8. The third-order valence-electron chi connectivity index (χ3n) is 3.31. The molecule has 0 aliphatic carbocycles. The third kappa shape index (κ3) is 5.82. The van der Waals surface area contributed by atoms with Crippen LogP contribution in [0.1, 0.15) is 6.42 Å². The van der Waals surface area contributed by atoms with Gasteiger partial charge in [-0.25, -0.2) is 4.57 Å². The molecule has 1 heterocycles. The fourth-order valence-electron chi connectivity index (χ4n) is 2.02. The van der Waals surface area contributed by atoms with Crippen molar-refractivity contribution < 1.29 is 22.5 Å². The summed E-state index contributed by atoms with van der Waals surface area (Å²) in [5, 5.41) is 19.2. The van der Waals surface area contributed by atoms with E-state index in [1.165, 1.54) is 10.8 Å². The van der Waals surface area contributed by atoms with Gasteiger partial charge in [-0.3, -0.25) is 14.7 Å². The second kappa shape index (κ2) is 8.29. The van der Waals surface area contributed by atoms with E-state index in [9.17, 15) is 18.5 Å². The molecule has 0 spiro atoms. The number of hydrogen-bond acceptors (Lipinski definition) is 8. The van der Waals surface area contributed by atoms with E-state index >= 15 is 0 Å². The zero-order chi connectivity index (χ0) is 19.3. The molecule has 0 atom stereocenters. The minimum absolute atomic E-state index is 0.0947. The summed E-state index contributed by atoms with van der Waals surface area (Å²) in [6, 6.07) is 7.27. The molecule has 26 heavy (non-hydrogen) atoms. The molecule has 0 saturated carbocycles. The van der Waals surface area contributed by atoms with Gasteiger partial charge in [-0.15, -0.1) is 0 Å². The number of nitro groups is 1. The quantitative estimate of drug-likeness (QED) is 0.238.